The fourth-order valence-corrected chi connectivity index (χ4v) is 2.26. The monoisotopic (exact) mass is 310 g/mol. The summed E-state index contributed by atoms with van der Waals surface area (Å²) < 4.78 is 0. The highest BCUT2D eigenvalue weighted by molar-refractivity contribution is 5.85. The van der Waals surface area contributed by atoms with Crippen molar-refractivity contribution < 1.29 is 4.79 Å². The summed E-state index contributed by atoms with van der Waals surface area (Å²) in [5.74, 6) is 0.901. The molecule has 3 nitrogen and oxygen atoms in total. The maximum absolute atomic E-state index is 11.8. The van der Waals surface area contributed by atoms with Crippen molar-refractivity contribution in [1.82, 2.24) is 10.6 Å². The number of amides is 1. The van der Waals surface area contributed by atoms with Crippen LogP contribution < -0.4 is 10.6 Å². The van der Waals surface area contributed by atoms with Gasteiger partial charge in [-0.3, -0.25) is 4.79 Å². The largest absolute Gasteiger partial charge is 0.354 e. The van der Waals surface area contributed by atoms with Gasteiger partial charge in [-0.15, -0.1) is 12.4 Å². The SMILES string of the molecule is Cc1cccc(C(C)(C)CNC(=O)CNCC2CC2)c1.Cl. The molecule has 0 radical (unpaired) electrons. The molecule has 1 aliphatic carbocycles. The van der Waals surface area contributed by atoms with E-state index in [-0.39, 0.29) is 23.7 Å². The molecule has 0 heterocycles. The lowest BCUT2D eigenvalue weighted by atomic mass is 9.84. The van der Waals surface area contributed by atoms with Gasteiger partial charge in [-0.1, -0.05) is 43.7 Å². The third kappa shape index (κ3) is 6.06. The minimum Gasteiger partial charge on any atom is -0.354 e. The van der Waals surface area contributed by atoms with Crippen LogP contribution in [-0.2, 0) is 10.2 Å². The van der Waals surface area contributed by atoms with Crippen LogP contribution in [0.2, 0.25) is 0 Å². The molecule has 1 amide bonds. The van der Waals surface area contributed by atoms with Crippen LogP contribution in [0.15, 0.2) is 24.3 Å². The molecule has 1 aromatic rings. The smallest absolute Gasteiger partial charge is 0.233 e. The fourth-order valence-electron chi connectivity index (χ4n) is 2.26. The van der Waals surface area contributed by atoms with Crippen molar-refractivity contribution in [2.45, 2.75) is 39.0 Å². The van der Waals surface area contributed by atoms with Gasteiger partial charge in [0.2, 0.25) is 5.91 Å². The second-order valence-electron chi connectivity index (χ2n) is 6.60. The Morgan fingerprint density at radius 2 is 2.05 bits per heavy atom. The number of benzene rings is 1. The maximum Gasteiger partial charge on any atom is 0.233 e. The Morgan fingerprint density at radius 3 is 2.67 bits per heavy atom. The van der Waals surface area contributed by atoms with Crippen molar-refractivity contribution >= 4 is 18.3 Å². The summed E-state index contributed by atoms with van der Waals surface area (Å²) in [6.45, 7) is 8.51. The molecule has 4 heteroatoms. The number of rotatable bonds is 7. The predicted molar refractivity (Wildman–Crippen MR) is 90.1 cm³/mol. The third-order valence-electron chi connectivity index (χ3n) is 3.94. The van der Waals surface area contributed by atoms with Crippen molar-refractivity contribution in [2.75, 3.05) is 19.6 Å². The maximum atomic E-state index is 11.8. The first-order valence-corrected chi connectivity index (χ1v) is 7.52. The van der Waals surface area contributed by atoms with Crippen LogP contribution >= 0.6 is 12.4 Å². The summed E-state index contributed by atoms with van der Waals surface area (Å²) in [6.07, 6.45) is 2.63. The van der Waals surface area contributed by atoms with Crippen molar-refractivity contribution in [2.24, 2.45) is 5.92 Å². The first-order chi connectivity index (χ1) is 9.47. The van der Waals surface area contributed by atoms with E-state index in [0.717, 1.165) is 12.5 Å². The zero-order valence-corrected chi connectivity index (χ0v) is 14.1. The highest BCUT2D eigenvalue weighted by atomic mass is 35.5. The summed E-state index contributed by atoms with van der Waals surface area (Å²) in [4.78, 5) is 11.8. The van der Waals surface area contributed by atoms with Gasteiger partial charge in [0.25, 0.3) is 0 Å². The highest BCUT2D eigenvalue weighted by Crippen LogP contribution is 2.27. The number of nitrogens with one attached hydrogen (secondary N) is 2. The second-order valence-corrected chi connectivity index (χ2v) is 6.60. The lowest BCUT2D eigenvalue weighted by Gasteiger charge is -2.26. The Balaban J connectivity index is 0.00000220. The average molecular weight is 311 g/mol. The van der Waals surface area contributed by atoms with E-state index < -0.39 is 0 Å². The van der Waals surface area contributed by atoms with E-state index in [4.69, 9.17) is 0 Å². The van der Waals surface area contributed by atoms with Crippen molar-refractivity contribution in [3.8, 4) is 0 Å². The van der Waals surface area contributed by atoms with Crippen LogP contribution in [-0.4, -0.2) is 25.5 Å². The molecule has 0 atom stereocenters. The summed E-state index contributed by atoms with van der Waals surface area (Å²) in [5.41, 5.74) is 2.48. The van der Waals surface area contributed by atoms with E-state index in [2.05, 4.69) is 55.7 Å². The first-order valence-electron chi connectivity index (χ1n) is 7.52. The molecule has 1 fully saturated rings. The molecule has 0 aromatic heterocycles. The number of halogens is 1. The van der Waals surface area contributed by atoms with E-state index in [0.29, 0.717) is 13.1 Å². The molecule has 1 aliphatic rings. The van der Waals surface area contributed by atoms with E-state index in [9.17, 15) is 4.79 Å². The van der Waals surface area contributed by atoms with Crippen LogP contribution in [0.3, 0.4) is 0 Å². The van der Waals surface area contributed by atoms with Gasteiger partial charge in [0.05, 0.1) is 6.54 Å². The quantitative estimate of drug-likeness (QED) is 0.813. The Bertz CT molecular complexity index is 470. The Hall–Kier alpha value is -1.06. The second kappa shape index (κ2) is 7.81. The molecule has 0 bridgehead atoms. The van der Waals surface area contributed by atoms with Gasteiger partial charge >= 0.3 is 0 Å². The molecular weight excluding hydrogens is 284 g/mol. The molecule has 1 aromatic carbocycles. The van der Waals surface area contributed by atoms with Crippen molar-refractivity contribution in [3.05, 3.63) is 35.4 Å². The van der Waals surface area contributed by atoms with E-state index in [1.54, 1.807) is 0 Å². The molecule has 0 unspecified atom stereocenters. The molecule has 0 aliphatic heterocycles. The Morgan fingerprint density at radius 1 is 1.33 bits per heavy atom. The lowest BCUT2D eigenvalue weighted by molar-refractivity contribution is -0.120. The standard InChI is InChI=1S/C17H26N2O.ClH/c1-13-5-4-6-15(9-13)17(2,3)12-19-16(20)11-18-10-14-7-8-14;/h4-6,9,14,18H,7-8,10-12H2,1-3H3,(H,19,20);1H. The molecule has 0 spiro atoms. The van der Waals surface area contributed by atoms with Crippen LogP contribution in [0.4, 0.5) is 0 Å². The Kier molecular flexibility index (Phi) is 6.69. The van der Waals surface area contributed by atoms with Crippen LogP contribution in [0.5, 0.6) is 0 Å². The van der Waals surface area contributed by atoms with Crippen molar-refractivity contribution in [3.63, 3.8) is 0 Å². The van der Waals surface area contributed by atoms with E-state index in [1.165, 1.54) is 24.0 Å². The van der Waals surface area contributed by atoms with Gasteiger partial charge in [0, 0.05) is 12.0 Å². The summed E-state index contributed by atoms with van der Waals surface area (Å²) in [7, 11) is 0. The topological polar surface area (TPSA) is 41.1 Å². The summed E-state index contributed by atoms with van der Waals surface area (Å²) in [6, 6.07) is 8.49. The van der Waals surface area contributed by atoms with Crippen LogP contribution in [0.1, 0.15) is 37.8 Å². The number of aryl methyl sites for hydroxylation is 1. The average Bonchev–Trinajstić information content (AvgIpc) is 3.21. The highest BCUT2D eigenvalue weighted by Gasteiger charge is 2.22. The third-order valence-corrected chi connectivity index (χ3v) is 3.94. The zero-order chi connectivity index (χ0) is 14.6. The normalized spacial score (nSPS) is 14.4. The molecule has 2 N–H and O–H groups in total. The number of hydrogen-bond acceptors (Lipinski definition) is 2. The molecule has 118 valence electrons. The minimum atomic E-state index is -0.0435. The van der Waals surface area contributed by atoms with Crippen LogP contribution in [0, 0.1) is 12.8 Å². The fraction of sp³-hybridized carbons (Fsp3) is 0.588. The molecule has 0 saturated heterocycles. The van der Waals surface area contributed by atoms with Crippen LogP contribution in [0.25, 0.3) is 0 Å². The molecule has 1 saturated carbocycles. The lowest BCUT2D eigenvalue weighted by Crippen LogP contribution is -2.41. The number of carbonyl (C=O) groups is 1. The van der Waals surface area contributed by atoms with Gasteiger partial charge < -0.3 is 10.6 Å². The van der Waals surface area contributed by atoms with Gasteiger partial charge in [-0.05, 0) is 37.8 Å². The summed E-state index contributed by atoms with van der Waals surface area (Å²) >= 11 is 0. The molecular formula is C17H27ClN2O. The first kappa shape index (κ1) is 18.0. The van der Waals surface area contributed by atoms with Gasteiger partial charge in [-0.2, -0.15) is 0 Å². The summed E-state index contributed by atoms with van der Waals surface area (Å²) in [5, 5.41) is 6.25. The van der Waals surface area contributed by atoms with Crippen molar-refractivity contribution in [1.29, 1.82) is 0 Å². The van der Waals surface area contributed by atoms with Gasteiger partial charge in [0.15, 0.2) is 0 Å². The Labute approximate surface area is 134 Å². The number of carbonyl (C=O) groups excluding carboxylic acids is 1. The van der Waals surface area contributed by atoms with E-state index >= 15 is 0 Å². The molecule has 21 heavy (non-hydrogen) atoms. The molecule has 2 rings (SSSR count). The van der Waals surface area contributed by atoms with Gasteiger partial charge in [0.1, 0.15) is 0 Å². The zero-order valence-electron chi connectivity index (χ0n) is 13.2. The minimum absolute atomic E-state index is 0. The number of hydrogen-bond donors (Lipinski definition) is 2. The van der Waals surface area contributed by atoms with E-state index in [1.807, 2.05) is 0 Å². The predicted octanol–water partition coefficient (Wildman–Crippen LogP) is 2.81. The van der Waals surface area contributed by atoms with Gasteiger partial charge in [-0.25, -0.2) is 0 Å².